The largest absolute Gasteiger partial charge is 0.469 e. The summed E-state index contributed by atoms with van der Waals surface area (Å²) in [4.78, 5) is 38.9. The Bertz CT molecular complexity index is 581. The second-order valence-corrected chi connectivity index (χ2v) is 6.41. The van der Waals surface area contributed by atoms with Gasteiger partial charge >= 0.3 is 12.1 Å². The average Bonchev–Trinajstić information content (AvgIpc) is 2.93. The lowest BCUT2D eigenvalue weighted by Crippen LogP contribution is -2.36. The minimum Gasteiger partial charge on any atom is -0.469 e. The smallest absolute Gasteiger partial charge is 0.408 e. The van der Waals surface area contributed by atoms with E-state index in [2.05, 4.69) is 15.0 Å². The molecule has 2 amide bonds. The van der Waals surface area contributed by atoms with Crippen molar-refractivity contribution in [3.63, 3.8) is 0 Å². The van der Waals surface area contributed by atoms with Crippen molar-refractivity contribution in [2.75, 3.05) is 7.11 Å². The van der Waals surface area contributed by atoms with Crippen LogP contribution < -0.4 is 16.6 Å². The van der Waals surface area contributed by atoms with E-state index in [9.17, 15) is 14.4 Å². The summed E-state index contributed by atoms with van der Waals surface area (Å²) in [6.45, 7) is 5.15. The maximum absolute atomic E-state index is 11.9. The SMILES string of the molecule is COC(=O)C[C@H](NC(=O)OC(C)(C)C)c1nc(C(=O)NN)cs1. The molecule has 1 aromatic heterocycles. The van der Waals surface area contributed by atoms with E-state index < -0.39 is 29.6 Å². The van der Waals surface area contributed by atoms with E-state index in [0.717, 1.165) is 11.3 Å². The van der Waals surface area contributed by atoms with E-state index in [1.807, 2.05) is 5.43 Å². The van der Waals surface area contributed by atoms with E-state index in [1.165, 1.54) is 12.5 Å². The number of esters is 1. The Kier molecular flexibility index (Phi) is 6.46. The van der Waals surface area contributed by atoms with Crippen LogP contribution >= 0.6 is 11.3 Å². The molecule has 0 aliphatic rings. The number of hydrogen-bond acceptors (Lipinski definition) is 8. The number of aromatic nitrogens is 1. The van der Waals surface area contributed by atoms with Crippen LogP contribution in [0.3, 0.4) is 0 Å². The van der Waals surface area contributed by atoms with Gasteiger partial charge in [-0.2, -0.15) is 0 Å². The van der Waals surface area contributed by atoms with Crippen molar-refractivity contribution in [2.45, 2.75) is 38.8 Å². The molecule has 0 aliphatic heterocycles. The van der Waals surface area contributed by atoms with Gasteiger partial charge in [0, 0.05) is 5.38 Å². The van der Waals surface area contributed by atoms with Crippen LogP contribution in [0.2, 0.25) is 0 Å². The van der Waals surface area contributed by atoms with Gasteiger partial charge in [-0.15, -0.1) is 11.3 Å². The zero-order chi connectivity index (χ0) is 17.6. The first-order valence-electron chi connectivity index (χ1n) is 6.69. The normalized spacial score (nSPS) is 12.2. The predicted octanol–water partition coefficient (Wildman–Crippen LogP) is 0.876. The van der Waals surface area contributed by atoms with E-state index in [-0.39, 0.29) is 12.1 Å². The quantitative estimate of drug-likeness (QED) is 0.312. The molecule has 1 rings (SSSR count). The summed E-state index contributed by atoms with van der Waals surface area (Å²) >= 11 is 1.11. The van der Waals surface area contributed by atoms with E-state index in [1.54, 1.807) is 20.8 Å². The molecule has 128 valence electrons. The van der Waals surface area contributed by atoms with Crippen LogP contribution in [0, 0.1) is 0 Å². The summed E-state index contributed by atoms with van der Waals surface area (Å²) in [7, 11) is 1.24. The summed E-state index contributed by atoms with van der Waals surface area (Å²) < 4.78 is 9.76. The maximum Gasteiger partial charge on any atom is 0.408 e. The Morgan fingerprint density at radius 2 is 2.04 bits per heavy atom. The minimum atomic E-state index is -0.776. The van der Waals surface area contributed by atoms with Crippen LogP contribution in [0.1, 0.15) is 48.7 Å². The molecule has 0 aromatic carbocycles. The van der Waals surface area contributed by atoms with Gasteiger partial charge in [0.15, 0.2) is 0 Å². The van der Waals surface area contributed by atoms with Crippen molar-refractivity contribution in [2.24, 2.45) is 5.84 Å². The Morgan fingerprint density at radius 3 is 2.57 bits per heavy atom. The molecular formula is C13H20N4O5S. The maximum atomic E-state index is 11.9. The van der Waals surface area contributed by atoms with Crippen molar-refractivity contribution in [3.05, 3.63) is 16.1 Å². The lowest BCUT2D eigenvalue weighted by molar-refractivity contribution is -0.141. The Hall–Kier alpha value is -2.20. The van der Waals surface area contributed by atoms with Gasteiger partial charge in [-0.25, -0.2) is 15.6 Å². The summed E-state index contributed by atoms with van der Waals surface area (Å²) in [5.41, 5.74) is 1.36. The fourth-order valence-electron chi connectivity index (χ4n) is 1.53. The molecule has 0 fully saturated rings. The number of amides is 2. The Morgan fingerprint density at radius 1 is 1.39 bits per heavy atom. The number of nitrogens with two attached hydrogens (primary N) is 1. The van der Waals surface area contributed by atoms with Crippen LogP contribution in [-0.2, 0) is 14.3 Å². The zero-order valence-corrected chi connectivity index (χ0v) is 14.2. The summed E-state index contributed by atoms with van der Waals surface area (Å²) in [6.07, 6.45) is -0.848. The minimum absolute atomic E-state index is 0.0911. The van der Waals surface area contributed by atoms with Gasteiger partial charge < -0.3 is 14.8 Å². The van der Waals surface area contributed by atoms with Gasteiger partial charge in [-0.1, -0.05) is 0 Å². The van der Waals surface area contributed by atoms with Gasteiger partial charge in [0.2, 0.25) is 0 Å². The molecule has 1 heterocycles. The second-order valence-electron chi connectivity index (χ2n) is 5.52. The van der Waals surface area contributed by atoms with Gasteiger partial charge in [0.1, 0.15) is 16.3 Å². The van der Waals surface area contributed by atoms with Crippen LogP contribution in [0.5, 0.6) is 0 Å². The molecule has 1 atom stereocenters. The molecule has 0 unspecified atom stereocenters. The number of nitrogens with one attached hydrogen (secondary N) is 2. The highest BCUT2D eigenvalue weighted by molar-refractivity contribution is 7.09. The number of carbonyl (C=O) groups excluding carboxylic acids is 3. The van der Waals surface area contributed by atoms with Crippen molar-refractivity contribution in [3.8, 4) is 0 Å². The molecule has 0 radical (unpaired) electrons. The number of nitrogen functional groups attached to an aromatic ring is 1. The van der Waals surface area contributed by atoms with Gasteiger partial charge in [-0.05, 0) is 20.8 Å². The number of thiazole rings is 1. The highest BCUT2D eigenvalue weighted by atomic mass is 32.1. The number of carbonyl (C=O) groups is 3. The lowest BCUT2D eigenvalue weighted by Gasteiger charge is -2.22. The first-order chi connectivity index (χ1) is 10.7. The molecule has 4 N–H and O–H groups in total. The fraction of sp³-hybridized carbons (Fsp3) is 0.538. The number of alkyl carbamates (subject to hydrolysis) is 1. The van der Waals surface area contributed by atoms with E-state index >= 15 is 0 Å². The third-order valence-corrected chi connectivity index (χ3v) is 3.43. The second kappa shape index (κ2) is 7.88. The molecule has 0 bridgehead atoms. The number of hydrogen-bond donors (Lipinski definition) is 3. The third kappa shape index (κ3) is 6.20. The van der Waals surface area contributed by atoms with Crippen LogP contribution in [0.25, 0.3) is 0 Å². The van der Waals surface area contributed by atoms with Gasteiger partial charge in [0.05, 0.1) is 19.6 Å². The van der Waals surface area contributed by atoms with E-state index in [0.29, 0.717) is 5.01 Å². The third-order valence-electron chi connectivity index (χ3n) is 2.47. The molecular weight excluding hydrogens is 324 g/mol. The molecule has 10 heteroatoms. The van der Waals surface area contributed by atoms with Gasteiger partial charge in [-0.3, -0.25) is 15.0 Å². The highest BCUT2D eigenvalue weighted by Gasteiger charge is 2.25. The number of rotatable bonds is 5. The molecule has 0 spiro atoms. The van der Waals surface area contributed by atoms with Crippen LogP contribution in [0.15, 0.2) is 5.38 Å². The lowest BCUT2D eigenvalue weighted by atomic mass is 10.2. The van der Waals surface area contributed by atoms with Crippen LogP contribution in [0.4, 0.5) is 4.79 Å². The summed E-state index contributed by atoms with van der Waals surface area (Å²) in [6, 6.07) is -0.776. The fourth-order valence-corrected chi connectivity index (χ4v) is 2.38. The Balaban J connectivity index is 2.92. The zero-order valence-electron chi connectivity index (χ0n) is 13.3. The number of ether oxygens (including phenoxy) is 2. The molecule has 1 aromatic rings. The average molecular weight is 344 g/mol. The van der Waals surface area contributed by atoms with Crippen molar-refractivity contribution in [1.29, 1.82) is 0 Å². The highest BCUT2D eigenvalue weighted by Crippen LogP contribution is 2.22. The number of nitrogens with zero attached hydrogens (tertiary/aromatic N) is 1. The van der Waals surface area contributed by atoms with Crippen LogP contribution in [-0.4, -0.2) is 35.7 Å². The first-order valence-corrected chi connectivity index (χ1v) is 7.57. The van der Waals surface area contributed by atoms with Gasteiger partial charge in [0.25, 0.3) is 5.91 Å². The topological polar surface area (TPSA) is 133 Å². The predicted molar refractivity (Wildman–Crippen MR) is 82.5 cm³/mol. The standard InChI is InChI=1S/C13H20N4O5S/c1-13(2,3)22-12(20)16-7(5-9(18)21-4)11-15-8(6-23-11)10(19)17-14/h6-7H,5,14H2,1-4H3,(H,16,20)(H,17,19)/t7-/m0/s1. The number of hydrazine groups is 1. The van der Waals surface area contributed by atoms with Crippen molar-refractivity contribution < 1.29 is 23.9 Å². The summed E-state index contributed by atoms with van der Waals surface area (Å²) in [5.74, 6) is 3.94. The summed E-state index contributed by atoms with van der Waals surface area (Å²) in [5, 5.41) is 4.38. The monoisotopic (exact) mass is 344 g/mol. The molecule has 9 nitrogen and oxygen atoms in total. The number of methoxy groups -OCH3 is 1. The molecule has 0 aliphatic carbocycles. The van der Waals surface area contributed by atoms with Crippen molar-refractivity contribution in [1.82, 2.24) is 15.7 Å². The van der Waals surface area contributed by atoms with E-state index in [4.69, 9.17) is 10.6 Å². The molecule has 0 saturated heterocycles. The molecule has 23 heavy (non-hydrogen) atoms. The first kappa shape index (κ1) is 18.8. The molecule has 0 saturated carbocycles. The van der Waals surface area contributed by atoms with Crippen molar-refractivity contribution >= 4 is 29.3 Å². The Labute approximate surface area is 137 Å².